The van der Waals surface area contributed by atoms with Crippen LogP contribution in [0.4, 0.5) is 5.69 Å². The van der Waals surface area contributed by atoms with Crippen molar-refractivity contribution in [2.45, 2.75) is 25.3 Å². The minimum atomic E-state index is 0.291. The fourth-order valence-corrected chi connectivity index (χ4v) is 2.36. The number of rotatable bonds is 2. The Morgan fingerprint density at radius 1 is 1.50 bits per heavy atom. The molecule has 0 saturated heterocycles. The van der Waals surface area contributed by atoms with Crippen molar-refractivity contribution in [2.24, 2.45) is 5.73 Å². The van der Waals surface area contributed by atoms with Crippen LogP contribution in [0, 0.1) is 0 Å². The van der Waals surface area contributed by atoms with Gasteiger partial charge in [-0.15, -0.1) is 0 Å². The van der Waals surface area contributed by atoms with Gasteiger partial charge in [0.25, 0.3) is 0 Å². The third kappa shape index (κ3) is 1.62. The maximum atomic E-state index is 5.86. The Balaban J connectivity index is 2.25. The lowest BCUT2D eigenvalue weighted by Crippen LogP contribution is -2.22. The molecule has 2 atom stereocenters. The summed E-state index contributed by atoms with van der Waals surface area (Å²) in [5.74, 6) is 0.621. The Morgan fingerprint density at radius 2 is 2.21 bits per heavy atom. The molecule has 1 heterocycles. The molecule has 2 N–H and O–H groups in total. The van der Waals surface area contributed by atoms with Crippen molar-refractivity contribution < 1.29 is 0 Å². The Morgan fingerprint density at radius 3 is 2.93 bits per heavy atom. The second kappa shape index (κ2) is 3.62. The molecule has 1 aromatic carbocycles. The highest BCUT2D eigenvalue weighted by Gasteiger charge is 2.26. The molecule has 2 rings (SSSR count). The van der Waals surface area contributed by atoms with Gasteiger partial charge in [0.2, 0.25) is 0 Å². The summed E-state index contributed by atoms with van der Waals surface area (Å²) in [7, 11) is 2.15. The van der Waals surface area contributed by atoms with Crippen LogP contribution in [0.3, 0.4) is 0 Å². The van der Waals surface area contributed by atoms with Crippen molar-refractivity contribution in [1.29, 1.82) is 0 Å². The van der Waals surface area contributed by atoms with Crippen molar-refractivity contribution in [1.82, 2.24) is 0 Å². The standard InChI is InChI=1S/C12H18N2/c1-9(13)7-10-8-14(2)12-6-4-3-5-11(10)12/h3-6,9-10H,7-8,13H2,1-2H3/t9-,10?/m0/s1. The van der Waals surface area contributed by atoms with Crippen LogP contribution in [0.1, 0.15) is 24.8 Å². The molecule has 0 aliphatic carbocycles. The molecule has 1 aliphatic rings. The topological polar surface area (TPSA) is 29.3 Å². The molecule has 0 spiro atoms. The van der Waals surface area contributed by atoms with Gasteiger partial charge in [0.1, 0.15) is 0 Å². The molecular weight excluding hydrogens is 172 g/mol. The summed E-state index contributed by atoms with van der Waals surface area (Å²) >= 11 is 0. The zero-order valence-electron chi connectivity index (χ0n) is 8.90. The molecule has 2 heteroatoms. The molecule has 14 heavy (non-hydrogen) atoms. The van der Waals surface area contributed by atoms with Gasteiger partial charge < -0.3 is 10.6 Å². The number of para-hydroxylation sites is 1. The first-order valence-electron chi connectivity index (χ1n) is 5.24. The van der Waals surface area contributed by atoms with E-state index in [0.717, 1.165) is 13.0 Å². The summed E-state index contributed by atoms with van der Waals surface area (Å²) in [4.78, 5) is 2.32. The number of nitrogens with two attached hydrogens (primary N) is 1. The second-order valence-electron chi connectivity index (χ2n) is 4.35. The molecule has 1 aromatic rings. The van der Waals surface area contributed by atoms with Gasteiger partial charge >= 0.3 is 0 Å². The number of benzene rings is 1. The van der Waals surface area contributed by atoms with Gasteiger partial charge in [0.15, 0.2) is 0 Å². The van der Waals surface area contributed by atoms with Gasteiger partial charge in [0, 0.05) is 31.2 Å². The Kier molecular flexibility index (Phi) is 2.46. The number of likely N-dealkylation sites (N-methyl/N-ethyl adjacent to an activating group) is 1. The molecule has 0 radical (unpaired) electrons. The van der Waals surface area contributed by atoms with E-state index in [0.29, 0.717) is 12.0 Å². The summed E-state index contributed by atoms with van der Waals surface area (Å²) in [6.45, 7) is 3.20. The van der Waals surface area contributed by atoms with E-state index in [-0.39, 0.29) is 0 Å². The highest BCUT2D eigenvalue weighted by Crippen LogP contribution is 2.37. The average molecular weight is 190 g/mol. The minimum Gasteiger partial charge on any atom is -0.374 e. The van der Waals surface area contributed by atoms with Gasteiger partial charge in [-0.05, 0) is 25.0 Å². The zero-order chi connectivity index (χ0) is 10.1. The Labute approximate surface area is 85.7 Å². The van der Waals surface area contributed by atoms with E-state index in [1.54, 1.807) is 0 Å². The van der Waals surface area contributed by atoms with E-state index >= 15 is 0 Å². The third-order valence-electron chi connectivity index (χ3n) is 2.94. The van der Waals surface area contributed by atoms with Crippen LogP contribution in [0.25, 0.3) is 0 Å². The SMILES string of the molecule is C[C@H](N)CC1CN(C)c2ccccc21. The van der Waals surface area contributed by atoms with E-state index in [1.807, 2.05) is 0 Å². The molecule has 1 aliphatic heterocycles. The van der Waals surface area contributed by atoms with Crippen molar-refractivity contribution in [3.8, 4) is 0 Å². The van der Waals surface area contributed by atoms with E-state index < -0.39 is 0 Å². The van der Waals surface area contributed by atoms with E-state index in [4.69, 9.17) is 5.73 Å². The van der Waals surface area contributed by atoms with Gasteiger partial charge in [-0.1, -0.05) is 18.2 Å². The van der Waals surface area contributed by atoms with Crippen LogP contribution in [-0.4, -0.2) is 19.6 Å². The number of fused-ring (bicyclic) bond motifs is 1. The molecule has 0 saturated carbocycles. The fraction of sp³-hybridized carbons (Fsp3) is 0.500. The maximum Gasteiger partial charge on any atom is 0.0399 e. The summed E-state index contributed by atoms with van der Waals surface area (Å²) in [6, 6.07) is 8.93. The quantitative estimate of drug-likeness (QED) is 0.772. The van der Waals surface area contributed by atoms with Gasteiger partial charge in [-0.2, -0.15) is 0 Å². The molecule has 0 amide bonds. The van der Waals surface area contributed by atoms with E-state index in [2.05, 4.69) is 43.1 Å². The Bertz CT molecular complexity index is 318. The molecule has 76 valence electrons. The van der Waals surface area contributed by atoms with Crippen molar-refractivity contribution >= 4 is 5.69 Å². The zero-order valence-corrected chi connectivity index (χ0v) is 8.90. The largest absolute Gasteiger partial charge is 0.374 e. The van der Waals surface area contributed by atoms with Crippen molar-refractivity contribution in [2.75, 3.05) is 18.5 Å². The lowest BCUT2D eigenvalue weighted by atomic mass is 9.95. The van der Waals surface area contributed by atoms with Crippen molar-refractivity contribution in [3.05, 3.63) is 29.8 Å². The van der Waals surface area contributed by atoms with Crippen LogP contribution < -0.4 is 10.6 Å². The first kappa shape index (κ1) is 9.53. The highest BCUT2D eigenvalue weighted by atomic mass is 15.1. The first-order chi connectivity index (χ1) is 6.68. The Hall–Kier alpha value is -1.02. The van der Waals surface area contributed by atoms with E-state index in [1.165, 1.54) is 11.3 Å². The number of hydrogen-bond acceptors (Lipinski definition) is 2. The number of anilines is 1. The van der Waals surface area contributed by atoms with Crippen LogP contribution in [0.15, 0.2) is 24.3 Å². The maximum absolute atomic E-state index is 5.86. The summed E-state index contributed by atoms with van der Waals surface area (Å²) in [5.41, 5.74) is 8.69. The van der Waals surface area contributed by atoms with Gasteiger partial charge in [-0.25, -0.2) is 0 Å². The smallest absolute Gasteiger partial charge is 0.0399 e. The fourth-order valence-electron chi connectivity index (χ4n) is 2.36. The predicted octanol–water partition coefficient (Wildman–Crippen LogP) is 1.96. The van der Waals surface area contributed by atoms with Crippen LogP contribution in [0.2, 0.25) is 0 Å². The van der Waals surface area contributed by atoms with Crippen molar-refractivity contribution in [3.63, 3.8) is 0 Å². The average Bonchev–Trinajstić information content (AvgIpc) is 2.44. The molecular formula is C12H18N2. The lowest BCUT2D eigenvalue weighted by Gasteiger charge is -2.14. The van der Waals surface area contributed by atoms with Gasteiger partial charge in [-0.3, -0.25) is 0 Å². The van der Waals surface area contributed by atoms with Gasteiger partial charge in [0.05, 0.1) is 0 Å². The van der Waals surface area contributed by atoms with Crippen LogP contribution >= 0.6 is 0 Å². The monoisotopic (exact) mass is 190 g/mol. The number of nitrogens with zero attached hydrogens (tertiary/aromatic N) is 1. The number of hydrogen-bond donors (Lipinski definition) is 1. The third-order valence-corrected chi connectivity index (χ3v) is 2.94. The minimum absolute atomic E-state index is 0.291. The predicted molar refractivity (Wildman–Crippen MR) is 60.7 cm³/mol. The lowest BCUT2D eigenvalue weighted by molar-refractivity contribution is 0.572. The summed E-state index contributed by atoms with van der Waals surface area (Å²) in [6.07, 6.45) is 1.08. The molecule has 1 unspecified atom stereocenters. The summed E-state index contributed by atoms with van der Waals surface area (Å²) in [5, 5.41) is 0. The highest BCUT2D eigenvalue weighted by molar-refractivity contribution is 5.59. The van der Waals surface area contributed by atoms with Crippen LogP contribution in [0.5, 0.6) is 0 Å². The molecule has 0 bridgehead atoms. The molecule has 0 aromatic heterocycles. The normalized spacial score (nSPS) is 22.2. The van der Waals surface area contributed by atoms with Crippen LogP contribution in [-0.2, 0) is 0 Å². The molecule has 0 fully saturated rings. The second-order valence-corrected chi connectivity index (χ2v) is 4.35. The molecule has 2 nitrogen and oxygen atoms in total. The summed E-state index contributed by atoms with van der Waals surface area (Å²) < 4.78 is 0. The van der Waals surface area contributed by atoms with E-state index in [9.17, 15) is 0 Å². The first-order valence-corrected chi connectivity index (χ1v) is 5.24.